The molecule has 0 unspecified atom stereocenters. The van der Waals surface area contributed by atoms with Gasteiger partial charge >= 0.3 is 11.9 Å². The smallest absolute Gasteiger partial charge is 0.336 e. The number of nitrogens with two attached hydrogens (primary N) is 1. The summed E-state index contributed by atoms with van der Waals surface area (Å²) in [5, 5.41) is 41.5. The molecule has 38 heavy (non-hydrogen) atoms. The van der Waals surface area contributed by atoms with Crippen molar-refractivity contribution >= 4 is 28.9 Å². The molecule has 0 radical (unpaired) electrons. The van der Waals surface area contributed by atoms with E-state index in [0.29, 0.717) is 11.2 Å². The molecule has 206 valence electrons. The molecule has 0 amide bonds. The number of fused-ring (bicyclic) bond motifs is 3. The van der Waals surface area contributed by atoms with Crippen molar-refractivity contribution in [2.24, 2.45) is 0 Å². The predicted octanol–water partition coefficient (Wildman–Crippen LogP) is -2.14. The Hall–Kier alpha value is -3.25. The molecule has 0 bridgehead atoms. The number of methoxy groups -OCH3 is 1. The first kappa shape index (κ1) is 26.4. The molecule has 9 atom stereocenters. The van der Waals surface area contributed by atoms with Crippen LogP contribution < -0.4 is 5.73 Å². The highest BCUT2D eigenvalue weighted by atomic mass is 16.7. The van der Waals surface area contributed by atoms with Gasteiger partial charge in [0.25, 0.3) is 0 Å². The number of hydrogen-bond donors (Lipinski definition) is 5. The van der Waals surface area contributed by atoms with Crippen LogP contribution >= 0.6 is 0 Å². The van der Waals surface area contributed by atoms with Gasteiger partial charge < -0.3 is 49.8 Å². The fourth-order valence-corrected chi connectivity index (χ4v) is 5.13. The Balaban J connectivity index is 1.49. The van der Waals surface area contributed by atoms with E-state index in [1.807, 2.05) is 0 Å². The van der Waals surface area contributed by atoms with Crippen molar-refractivity contribution in [2.75, 3.05) is 19.5 Å². The number of esters is 1. The molecule has 3 saturated heterocycles. The molecule has 5 heterocycles. The highest BCUT2D eigenvalue weighted by Crippen LogP contribution is 2.47. The molecular formula is C22H27N5O11. The number of aliphatic hydroxyl groups excluding tert-OH is 2. The average Bonchev–Trinajstić information content (AvgIpc) is 3.46. The van der Waals surface area contributed by atoms with Gasteiger partial charge in [-0.15, -0.1) is 0 Å². The van der Waals surface area contributed by atoms with Gasteiger partial charge in [-0.05, 0) is 6.92 Å². The van der Waals surface area contributed by atoms with Crippen LogP contribution in [0.5, 0.6) is 0 Å². The van der Waals surface area contributed by atoms with Crippen molar-refractivity contribution < 1.29 is 53.7 Å². The van der Waals surface area contributed by atoms with Gasteiger partial charge in [-0.3, -0.25) is 4.57 Å². The first-order valence-electron chi connectivity index (χ1n) is 11.7. The Bertz CT molecular complexity index is 1270. The second-order valence-corrected chi connectivity index (χ2v) is 9.09. The van der Waals surface area contributed by atoms with E-state index in [1.165, 1.54) is 32.8 Å². The number of allylic oxidation sites excluding steroid dienone is 1. The number of anilines is 1. The number of carboxylic acids is 1. The topological polar surface area (TPSA) is 231 Å². The molecule has 3 aliphatic rings. The maximum absolute atomic E-state index is 12.6. The van der Waals surface area contributed by atoms with Gasteiger partial charge in [0.05, 0.1) is 24.6 Å². The maximum atomic E-state index is 12.6. The van der Waals surface area contributed by atoms with E-state index < -0.39 is 73.3 Å². The van der Waals surface area contributed by atoms with Crippen LogP contribution in [0.15, 0.2) is 24.3 Å². The lowest BCUT2D eigenvalue weighted by Gasteiger charge is -2.52. The average molecular weight is 537 g/mol. The molecule has 3 fully saturated rings. The zero-order chi connectivity index (χ0) is 27.4. The third kappa shape index (κ3) is 4.01. The van der Waals surface area contributed by atoms with E-state index in [4.69, 9.17) is 29.4 Å². The lowest BCUT2D eigenvalue weighted by atomic mass is 9.84. The van der Waals surface area contributed by atoms with Crippen LogP contribution in [0, 0.1) is 0 Å². The van der Waals surface area contributed by atoms with E-state index in [0.717, 1.165) is 0 Å². The maximum Gasteiger partial charge on any atom is 0.336 e. The molecule has 2 aromatic rings. The largest absolute Gasteiger partial charge is 0.479 e. The normalized spacial score (nSPS) is 37.0. The van der Waals surface area contributed by atoms with Crippen LogP contribution in [-0.4, -0.2) is 114 Å². The number of rotatable bonds is 6. The van der Waals surface area contributed by atoms with Gasteiger partial charge in [-0.25, -0.2) is 24.5 Å². The molecular weight excluding hydrogens is 510 g/mol. The van der Waals surface area contributed by atoms with Gasteiger partial charge in [-0.1, -0.05) is 6.08 Å². The predicted molar refractivity (Wildman–Crippen MR) is 122 cm³/mol. The number of aliphatic hydroxyl groups is 3. The fraction of sp³-hybridized carbons (Fsp3) is 0.591. The monoisotopic (exact) mass is 537 g/mol. The van der Waals surface area contributed by atoms with E-state index in [1.54, 1.807) is 4.57 Å². The summed E-state index contributed by atoms with van der Waals surface area (Å²) in [6.45, 7) is 0.794. The summed E-state index contributed by atoms with van der Waals surface area (Å²) in [6.07, 6.45) is -6.78. The van der Waals surface area contributed by atoms with Crippen molar-refractivity contribution in [1.82, 2.24) is 19.5 Å². The molecule has 0 spiro atoms. The summed E-state index contributed by atoms with van der Waals surface area (Å²) in [5.74, 6) is -4.95. The lowest BCUT2D eigenvalue weighted by molar-refractivity contribution is -0.397. The summed E-state index contributed by atoms with van der Waals surface area (Å²) < 4.78 is 30.3. The fourth-order valence-electron chi connectivity index (χ4n) is 5.13. The van der Waals surface area contributed by atoms with Gasteiger partial charge in [0.2, 0.25) is 5.79 Å². The van der Waals surface area contributed by atoms with Crippen LogP contribution in [0.2, 0.25) is 0 Å². The van der Waals surface area contributed by atoms with Gasteiger partial charge in [0.15, 0.2) is 29.9 Å². The first-order valence-corrected chi connectivity index (χ1v) is 11.7. The molecule has 0 saturated carbocycles. The second-order valence-electron chi connectivity index (χ2n) is 9.09. The standard InChI is InChI=1S/C22H27N5O11/c1-3-8(5-28)21(32)37-16-12(29)14(20(30)31)36-10-4-9-13(38-22(10,16)33)15(34-2)19(35-9)27-7-26-11-17(23)24-6-25-18(11)27/h3,6-7,9-10,12-16,19,28-29,33H,4-5H2,1-2H3,(H,30,31)(H2,23,24,25)/b8-3+/t9-,10-,12+,13-,14-,15+,16-,19+,22-/m0/s1. The minimum Gasteiger partial charge on any atom is -0.479 e. The molecule has 3 aliphatic heterocycles. The SMILES string of the molecule is C/C=C(\CO)C(=O)O[C@H]1[C@H](O)[C@@H](C(=O)O)O[C@H]2C[C@@H]3O[C@@H](n4cnc5c(N)ncnc54)[C@H](OC)[C@H]3O[C@@]21O. The first-order chi connectivity index (χ1) is 18.1. The summed E-state index contributed by atoms with van der Waals surface area (Å²) >= 11 is 0. The molecule has 2 aromatic heterocycles. The second kappa shape index (κ2) is 9.81. The van der Waals surface area contributed by atoms with Crippen LogP contribution in [0.3, 0.4) is 0 Å². The third-order valence-electron chi connectivity index (χ3n) is 7.05. The van der Waals surface area contributed by atoms with E-state index >= 15 is 0 Å². The van der Waals surface area contributed by atoms with Gasteiger partial charge in [-0.2, -0.15) is 0 Å². The Kier molecular flexibility index (Phi) is 6.80. The number of carbonyl (C=O) groups excluding carboxylic acids is 1. The Morgan fingerprint density at radius 3 is 2.74 bits per heavy atom. The lowest BCUT2D eigenvalue weighted by Crippen LogP contribution is -2.73. The van der Waals surface area contributed by atoms with Crippen LogP contribution in [0.1, 0.15) is 19.6 Å². The Morgan fingerprint density at radius 1 is 1.32 bits per heavy atom. The Morgan fingerprint density at radius 2 is 2.08 bits per heavy atom. The highest BCUT2D eigenvalue weighted by Gasteiger charge is 2.67. The van der Waals surface area contributed by atoms with Crippen molar-refractivity contribution in [1.29, 1.82) is 0 Å². The number of ether oxygens (including phenoxy) is 5. The number of aliphatic carboxylic acids is 1. The zero-order valence-electron chi connectivity index (χ0n) is 20.3. The minimum absolute atomic E-state index is 0.109. The van der Waals surface area contributed by atoms with Crippen molar-refractivity contribution in [3.63, 3.8) is 0 Å². The van der Waals surface area contributed by atoms with Crippen LogP contribution in [0.4, 0.5) is 5.82 Å². The molecule has 6 N–H and O–H groups in total. The Labute approximate surface area is 214 Å². The highest BCUT2D eigenvalue weighted by molar-refractivity contribution is 5.89. The summed E-state index contributed by atoms with van der Waals surface area (Å²) in [7, 11) is 1.40. The number of nitrogens with zero attached hydrogens (tertiary/aromatic N) is 4. The van der Waals surface area contributed by atoms with Crippen LogP contribution in [-0.2, 0) is 33.3 Å². The number of carboxylic acid groups (broad SMARTS) is 1. The molecule has 16 heteroatoms. The summed E-state index contributed by atoms with van der Waals surface area (Å²) in [4.78, 5) is 36.8. The number of imidazole rings is 1. The molecule has 5 rings (SSSR count). The van der Waals surface area contributed by atoms with Gasteiger partial charge in [0.1, 0.15) is 36.3 Å². The van der Waals surface area contributed by atoms with Crippen molar-refractivity contribution in [2.45, 2.75) is 68.1 Å². The van der Waals surface area contributed by atoms with Crippen molar-refractivity contribution in [3.05, 3.63) is 24.3 Å². The van der Waals surface area contributed by atoms with E-state index in [-0.39, 0.29) is 17.8 Å². The zero-order valence-corrected chi connectivity index (χ0v) is 20.3. The summed E-state index contributed by atoms with van der Waals surface area (Å²) in [5.41, 5.74) is 6.41. The minimum atomic E-state index is -2.49. The number of carbonyl (C=O) groups is 2. The van der Waals surface area contributed by atoms with Crippen molar-refractivity contribution in [3.8, 4) is 0 Å². The number of aromatic nitrogens is 4. The molecule has 0 aromatic carbocycles. The van der Waals surface area contributed by atoms with Crippen LogP contribution in [0.25, 0.3) is 11.2 Å². The van der Waals surface area contributed by atoms with E-state index in [2.05, 4.69) is 15.0 Å². The molecule has 0 aliphatic carbocycles. The number of nitrogen functional groups attached to an aromatic ring is 1. The third-order valence-corrected chi connectivity index (χ3v) is 7.05. The number of hydrogen-bond acceptors (Lipinski definition) is 14. The van der Waals surface area contributed by atoms with E-state index in [9.17, 15) is 30.0 Å². The quantitative estimate of drug-likeness (QED) is 0.195. The van der Waals surface area contributed by atoms with Gasteiger partial charge in [0, 0.05) is 13.5 Å². The molecule has 16 nitrogen and oxygen atoms in total. The summed E-state index contributed by atoms with van der Waals surface area (Å²) in [6, 6.07) is 0.